The van der Waals surface area contributed by atoms with Crippen molar-refractivity contribution in [1.82, 2.24) is 24.6 Å². The van der Waals surface area contributed by atoms with E-state index in [9.17, 15) is 9.59 Å². The predicted octanol–water partition coefficient (Wildman–Crippen LogP) is 0.640. The fourth-order valence-electron chi connectivity index (χ4n) is 2.55. The number of aromatic nitrogens is 4. The second-order valence-electron chi connectivity index (χ2n) is 6.13. The van der Waals surface area contributed by atoms with E-state index in [1.54, 1.807) is 0 Å². The summed E-state index contributed by atoms with van der Waals surface area (Å²) in [6.07, 6.45) is 2.10. The number of nitrogens with one attached hydrogen (secondary N) is 1. The van der Waals surface area contributed by atoms with Gasteiger partial charge in [0.05, 0.1) is 6.54 Å². The molecular formula is C18H21N5O3. The minimum absolute atomic E-state index is 0.0474. The summed E-state index contributed by atoms with van der Waals surface area (Å²) in [4.78, 5) is 29.0. The van der Waals surface area contributed by atoms with E-state index in [0.717, 1.165) is 10.1 Å². The van der Waals surface area contributed by atoms with Crippen molar-refractivity contribution in [2.75, 3.05) is 7.05 Å². The Morgan fingerprint density at radius 2 is 1.92 bits per heavy atom. The van der Waals surface area contributed by atoms with Crippen LogP contribution < -0.4 is 16.6 Å². The van der Waals surface area contributed by atoms with Crippen LogP contribution in [0.15, 0.2) is 56.7 Å². The van der Waals surface area contributed by atoms with Crippen LogP contribution in [0.2, 0.25) is 0 Å². The number of hydrogen-bond acceptors (Lipinski definition) is 6. The third-order valence-corrected chi connectivity index (χ3v) is 4.12. The minimum atomic E-state index is -0.412. The van der Waals surface area contributed by atoms with Crippen molar-refractivity contribution >= 4 is 0 Å². The molecule has 0 saturated heterocycles. The topological polar surface area (TPSA) is 95.0 Å². The van der Waals surface area contributed by atoms with Crippen LogP contribution in [-0.4, -0.2) is 32.4 Å². The summed E-state index contributed by atoms with van der Waals surface area (Å²) in [7, 11) is 1.85. The van der Waals surface area contributed by atoms with E-state index < -0.39 is 11.2 Å². The lowest BCUT2D eigenvalue weighted by molar-refractivity contribution is 0.359. The highest BCUT2D eigenvalue weighted by Crippen LogP contribution is 2.02. The van der Waals surface area contributed by atoms with Crippen molar-refractivity contribution in [3.05, 3.63) is 80.7 Å². The smallest absolute Gasteiger partial charge is 0.331 e. The maximum Gasteiger partial charge on any atom is 0.331 e. The van der Waals surface area contributed by atoms with Crippen LogP contribution in [0.1, 0.15) is 24.2 Å². The normalized spacial score (nSPS) is 12.2. The van der Waals surface area contributed by atoms with Gasteiger partial charge in [-0.25, -0.2) is 4.79 Å². The lowest BCUT2D eigenvalue weighted by Gasteiger charge is -2.08. The van der Waals surface area contributed by atoms with Gasteiger partial charge in [-0.1, -0.05) is 35.5 Å². The molecule has 136 valence electrons. The lowest BCUT2D eigenvalue weighted by Crippen LogP contribution is -2.39. The van der Waals surface area contributed by atoms with Crippen LogP contribution in [-0.2, 0) is 19.5 Å². The first kappa shape index (κ1) is 17.8. The maximum absolute atomic E-state index is 12.7. The maximum atomic E-state index is 12.7. The quantitative estimate of drug-likeness (QED) is 0.668. The summed E-state index contributed by atoms with van der Waals surface area (Å²) in [6, 6.07) is 11.1. The van der Waals surface area contributed by atoms with Crippen molar-refractivity contribution in [3.8, 4) is 0 Å². The molecule has 1 aromatic carbocycles. The monoisotopic (exact) mass is 355 g/mol. The highest BCUT2D eigenvalue weighted by Gasteiger charge is 2.13. The number of likely N-dealkylation sites (N-methyl/N-ethyl adjacent to an activating group) is 1. The van der Waals surface area contributed by atoms with Gasteiger partial charge in [0, 0.05) is 24.7 Å². The fourth-order valence-corrected chi connectivity index (χ4v) is 2.55. The van der Waals surface area contributed by atoms with E-state index in [4.69, 9.17) is 4.52 Å². The third kappa shape index (κ3) is 4.15. The molecule has 26 heavy (non-hydrogen) atoms. The Morgan fingerprint density at radius 1 is 1.15 bits per heavy atom. The minimum Gasteiger partial charge on any atom is -0.337 e. The Bertz CT molecular complexity index is 974. The van der Waals surface area contributed by atoms with E-state index in [-0.39, 0.29) is 18.5 Å². The molecule has 3 aromatic rings. The van der Waals surface area contributed by atoms with Gasteiger partial charge < -0.3 is 9.84 Å². The Balaban J connectivity index is 1.83. The highest BCUT2D eigenvalue weighted by atomic mass is 16.5. The molecule has 1 atom stereocenters. The van der Waals surface area contributed by atoms with Crippen LogP contribution >= 0.6 is 0 Å². The van der Waals surface area contributed by atoms with Gasteiger partial charge in [0.1, 0.15) is 6.54 Å². The largest absolute Gasteiger partial charge is 0.337 e. The Morgan fingerprint density at radius 3 is 2.65 bits per heavy atom. The standard InChI is InChI=1S/C18H21N5O3/c1-13(19-2)10-15-20-16(26-21-15)12-23-17(24)8-9-22(18(23)25)11-14-6-4-3-5-7-14/h3-9,13,19H,10-12H2,1-2H3. The van der Waals surface area contributed by atoms with Crippen LogP contribution in [0, 0.1) is 0 Å². The highest BCUT2D eigenvalue weighted by molar-refractivity contribution is 5.15. The summed E-state index contributed by atoms with van der Waals surface area (Å²) < 4.78 is 7.77. The van der Waals surface area contributed by atoms with Crippen LogP contribution in [0.25, 0.3) is 0 Å². The third-order valence-electron chi connectivity index (χ3n) is 4.12. The Hall–Kier alpha value is -3.00. The van der Waals surface area contributed by atoms with Gasteiger partial charge in [0.25, 0.3) is 5.56 Å². The molecule has 0 aliphatic rings. The van der Waals surface area contributed by atoms with E-state index in [1.165, 1.54) is 16.8 Å². The molecule has 1 unspecified atom stereocenters. The van der Waals surface area contributed by atoms with Crippen molar-refractivity contribution < 1.29 is 4.52 Å². The van der Waals surface area contributed by atoms with Crippen LogP contribution in [0.3, 0.4) is 0 Å². The SMILES string of the molecule is CNC(C)Cc1noc(Cn2c(=O)ccn(Cc3ccccc3)c2=O)n1. The Labute approximate surface area is 150 Å². The number of benzene rings is 1. The average Bonchev–Trinajstić information content (AvgIpc) is 3.09. The van der Waals surface area contributed by atoms with Gasteiger partial charge >= 0.3 is 5.69 Å². The second-order valence-corrected chi connectivity index (χ2v) is 6.13. The van der Waals surface area contributed by atoms with E-state index >= 15 is 0 Å². The summed E-state index contributed by atoms with van der Waals surface area (Å²) in [5.41, 5.74) is 0.160. The zero-order valence-electron chi connectivity index (χ0n) is 14.8. The summed E-state index contributed by atoms with van der Waals surface area (Å²) in [6.45, 7) is 2.34. The number of nitrogens with zero attached hydrogens (tertiary/aromatic N) is 4. The summed E-state index contributed by atoms with van der Waals surface area (Å²) in [5, 5.41) is 6.99. The molecule has 0 aliphatic carbocycles. The van der Waals surface area contributed by atoms with Gasteiger partial charge in [-0.3, -0.25) is 13.9 Å². The van der Waals surface area contributed by atoms with Gasteiger partial charge in [-0.2, -0.15) is 4.98 Å². The van der Waals surface area contributed by atoms with Gasteiger partial charge in [-0.15, -0.1) is 0 Å². The van der Waals surface area contributed by atoms with Crippen LogP contribution in [0.4, 0.5) is 0 Å². The van der Waals surface area contributed by atoms with E-state index in [1.807, 2.05) is 44.3 Å². The molecule has 2 aromatic heterocycles. The lowest BCUT2D eigenvalue weighted by atomic mass is 10.2. The van der Waals surface area contributed by atoms with Gasteiger partial charge in [-0.05, 0) is 19.5 Å². The summed E-state index contributed by atoms with van der Waals surface area (Å²) in [5.74, 6) is 0.774. The molecule has 3 rings (SSSR count). The molecule has 8 nitrogen and oxygen atoms in total. The molecule has 8 heteroatoms. The molecule has 0 saturated carbocycles. The molecule has 0 radical (unpaired) electrons. The fraction of sp³-hybridized carbons (Fsp3) is 0.333. The number of rotatable bonds is 7. The van der Waals surface area contributed by atoms with Crippen molar-refractivity contribution in [2.45, 2.75) is 32.5 Å². The first-order chi connectivity index (χ1) is 12.6. The number of hydrogen-bond donors (Lipinski definition) is 1. The van der Waals surface area contributed by atoms with Crippen molar-refractivity contribution in [3.63, 3.8) is 0 Å². The first-order valence-corrected chi connectivity index (χ1v) is 8.39. The molecule has 0 fully saturated rings. The molecule has 0 spiro atoms. The average molecular weight is 355 g/mol. The molecule has 0 bridgehead atoms. The van der Waals surface area contributed by atoms with Gasteiger partial charge in [0.2, 0.25) is 5.89 Å². The molecular weight excluding hydrogens is 334 g/mol. The molecule has 0 amide bonds. The van der Waals surface area contributed by atoms with Crippen molar-refractivity contribution in [1.29, 1.82) is 0 Å². The van der Waals surface area contributed by atoms with E-state index in [2.05, 4.69) is 15.5 Å². The van der Waals surface area contributed by atoms with Gasteiger partial charge in [0.15, 0.2) is 5.82 Å². The van der Waals surface area contributed by atoms with E-state index in [0.29, 0.717) is 18.8 Å². The Kier molecular flexibility index (Phi) is 5.43. The van der Waals surface area contributed by atoms with Crippen LogP contribution in [0.5, 0.6) is 0 Å². The first-order valence-electron chi connectivity index (χ1n) is 8.39. The summed E-state index contributed by atoms with van der Waals surface area (Å²) >= 11 is 0. The molecule has 2 heterocycles. The molecule has 0 aliphatic heterocycles. The predicted molar refractivity (Wildman–Crippen MR) is 96.1 cm³/mol. The zero-order chi connectivity index (χ0) is 18.5. The second kappa shape index (κ2) is 7.92. The van der Waals surface area contributed by atoms with Crippen molar-refractivity contribution in [2.24, 2.45) is 0 Å². The molecule has 1 N–H and O–H groups in total. The zero-order valence-corrected chi connectivity index (χ0v) is 14.8.